The van der Waals surface area contributed by atoms with E-state index in [0.717, 1.165) is 31.4 Å². The van der Waals surface area contributed by atoms with Gasteiger partial charge in [0, 0.05) is 37.3 Å². The lowest BCUT2D eigenvalue weighted by molar-refractivity contribution is -0.0204. The van der Waals surface area contributed by atoms with Crippen LogP contribution in [0.3, 0.4) is 0 Å². The third kappa shape index (κ3) is 4.13. The van der Waals surface area contributed by atoms with Crippen molar-refractivity contribution in [1.82, 2.24) is 4.40 Å². The zero-order chi connectivity index (χ0) is 21.2. The minimum atomic E-state index is -2.45. The predicted molar refractivity (Wildman–Crippen MR) is 104 cm³/mol. The second-order valence-corrected chi connectivity index (χ2v) is 7.98. The molecule has 2 heterocycles. The molecular weight excluding hydrogens is 350 g/mol. The Balaban J connectivity index is 1.78. The van der Waals surface area contributed by atoms with Gasteiger partial charge in [0.1, 0.15) is 0 Å². The number of Topliss-reactive ketones (excluding diaryl/α,β-unsaturated/α-hetero) is 1. The molecule has 1 aliphatic carbocycles. The third-order valence-corrected chi connectivity index (χ3v) is 5.77. The number of ether oxygens (including phenoxy) is 1. The lowest BCUT2D eigenvalue weighted by atomic mass is 9.76. The van der Waals surface area contributed by atoms with Crippen molar-refractivity contribution in [2.45, 2.75) is 57.5 Å². The summed E-state index contributed by atoms with van der Waals surface area (Å²) in [4.78, 5) is 13.0. The fourth-order valence-electron chi connectivity index (χ4n) is 4.19. The number of rotatable bonds is 7. The molecule has 0 bridgehead atoms. The molecule has 1 fully saturated rings. The molecule has 1 unspecified atom stereocenters. The van der Waals surface area contributed by atoms with Gasteiger partial charge in [-0.25, -0.2) is 0 Å². The van der Waals surface area contributed by atoms with Gasteiger partial charge in [0.25, 0.3) is 0 Å². The number of carbonyl (C=O) groups is 1. The second kappa shape index (κ2) is 8.12. The maximum atomic E-state index is 13.0. The van der Waals surface area contributed by atoms with Crippen LogP contribution in [0.15, 0.2) is 24.4 Å². The highest BCUT2D eigenvalue weighted by molar-refractivity contribution is 6.35. The summed E-state index contributed by atoms with van der Waals surface area (Å²) in [5.41, 5.74) is 1.11. The normalized spacial score (nSPS) is 25.7. The Morgan fingerprint density at radius 2 is 2.42 bits per heavy atom. The van der Waals surface area contributed by atoms with Crippen LogP contribution in [0.2, 0.25) is 5.02 Å². The number of hydrogen-bond donors (Lipinski definition) is 1. The van der Waals surface area contributed by atoms with Crippen LogP contribution in [0, 0.1) is 5.92 Å². The molecule has 142 valence electrons. The van der Waals surface area contributed by atoms with E-state index in [4.69, 9.17) is 20.5 Å². The topological polar surface area (TPSA) is 50.9 Å². The number of fused-ring (bicyclic) bond motifs is 1. The molecule has 26 heavy (non-hydrogen) atoms. The quantitative estimate of drug-likeness (QED) is 0.709. The number of nitrogens with zero attached hydrogens (tertiary/aromatic N) is 1. The number of carbonyl (C=O) groups excluding carboxylic acids is 1. The van der Waals surface area contributed by atoms with Crippen LogP contribution in [0.5, 0.6) is 0 Å². The highest BCUT2D eigenvalue weighted by Gasteiger charge is 2.33. The van der Waals surface area contributed by atoms with Crippen molar-refractivity contribution < 1.29 is 18.8 Å². The number of aliphatic hydroxyl groups is 1. The molecule has 1 saturated carbocycles. The van der Waals surface area contributed by atoms with E-state index in [1.54, 1.807) is 24.4 Å². The van der Waals surface area contributed by atoms with Crippen LogP contribution in [0.25, 0.3) is 5.52 Å². The molecule has 1 N–H and O–H groups in total. The first-order valence-corrected chi connectivity index (χ1v) is 9.64. The van der Waals surface area contributed by atoms with Gasteiger partial charge < -0.3 is 14.2 Å². The van der Waals surface area contributed by atoms with Crippen LogP contribution >= 0.6 is 11.6 Å². The lowest BCUT2D eigenvalue weighted by Crippen LogP contribution is -2.35. The predicted octanol–water partition coefficient (Wildman–Crippen LogP) is 4.69. The summed E-state index contributed by atoms with van der Waals surface area (Å²) in [5, 5.41) is 11.3. The number of pyridine rings is 1. The van der Waals surface area contributed by atoms with Crippen molar-refractivity contribution in [2.75, 3.05) is 13.6 Å². The van der Waals surface area contributed by atoms with Crippen molar-refractivity contribution >= 4 is 22.9 Å². The number of methoxy groups -OCH3 is 1. The van der Waals surface area contributed by atoms with Crippen molar-refractivity contribution in [3.8, 4) is 0 Å². The number of aromatic nitrogens is 1. The van der Waals surface area contributed by atoms with Gasteiger partial charge in [-0.05, 0) is 43.4 Å². The summed E-state index contributed by atoms with van der Waals surface area (Å²) in [6.45, 7) is 2.15. The fraction of sp³-hybridized carbons (Fsp3) is 0.571. The lowest BCUT2D eigenvalue weighted by Gasteiger charge is -2.35. The van der Waals surface area contributed by atoms with Gasteiger partial charge in [-0.3, -0.25) is 4.79 Å². The molecule has 2 aromatic heterocycles. The fourth-order valence-corrected chi connectivity index (χ4v) is 4.45. The van der Waals surface area contributed by atoms with Gasteiger partial charge >= 0.3 is 0 Å². The Morgan fingerprint density at radius 3 is 3.19 bits per heavy atom. The van der Waals surface area contributed by atoms with E-state index in [1.807, 2.05) is 4.40 Å². The van der Waals surface area contributed by atoms with Crippen molar-refractivity contribution in [3.05, 3.63) is 40.7 Å². The highest BCUT2D eigenvalue weighted by atomic mass is 35.5. The molecule has 0 saturated heterocycles. The summed E-state index contributed by atoms with van der Waals surface area (Å²) in [6.07, 6.45) is 6.41. The molecule has 4 nitrogen and oxygen atoms in total. The number of hydrogen-bond acceptors (Lipinski definition) is 3. The first-order valence-electron chi connectivity index (χ1n) is 10.8. The van der Waals surface area contributed by atoms with E-state index in [0.29, 0.717) is 34.9 Å². The zero-order valence-electron chi connectivity index (χ0n) is 18.1. The van der Waals surface area contributed by atoms with Gasteiger partial charge in [-0.15, -0.1) is 0 Å². The molecule has 0 amide bonds. The average Bonchev–Trinajstić information content (AvgIpc) is 2.99. The van der Waals surface area contributed by atoms with Crippen molar-refractivity contribution in [2.24, 2.45) is 5.92 Å². The maximum Gasteiger partial charge on any atom is 0.165 e. The third-order valence-electron chi connectivity index (χ3n) is 5.47. The molecule has 2 aromatic rings. The molecule has 5 heteroatoms. The number of ketones is 1. The van der Waals surface area contributed by atoms with Crippen LogP contribution < -0.4 is 0 Å². The maximum absolute atomic E-state index is 13.0. The van der Waals surface area contributed by atoms with Crippen LogP contribution in [-0.4, -0.2) is 34.5 Å². The number of halogens is 1. The Labute approximate surface area is 164 Å². The van der Waals surface area contributed by atoms with Gasteiger partial charge in [0.15, 0.2) is 5.78 Å². The first-order chi connectivity index (χ1) is 13.6. The summed E-state index contributed by atoms with van der Waals surface area (Å²) in [7, 11) is -2.45. The first kappa shape index (κ1) is 15.7. The highest BCUT2D eigenvalue weighted by Crippen LogP contribution is 2.36. The van der Waals surface area contributed by atoms with Crippen molar-refractivity contribution in [1.29, 1.82) is 0 Å². The molecule has 2 atom stereocenters. The van der Waals surface area contributed by atoms with E-state index < -0.39 is 12.6 Å². The molecule has 0 radical (unpaired) electrons. The molecule has 3 rings (SSSR count). The standard InChI is InChI=1S/C21H28ClNO3/c1-15-5-3-9-21(25,14-15)10-7-19(24)17-13-16(8-12-26-2)23-11-4-6-18(22)20(17)23/h4,6,11,13,15,25H,3,5,7-10,12,14H2,1-2H3/t15?,21-/m0/s1/i2D3. The summed E-state index contributed by atoms with van der Waals surface area (Å²) in [6, 6.07) is 5.27. The Morgan fingerprint density at radius 1 is 1.58 bits per heavy atom. The minimum absolute atomic E-state index is 0.0143. The summed E-state index contributed by atoms with van der Waals surface area (Å²) >= 11 is 6.38. The van der Waals surface area contributed by atoms with E-state index >= 15 is 0 Å². The largest absolute Gasteiger partial charge is 0.390 e. The molecule has 0 aliphatic heterocycles. The smallest absolute Gasteiger partial charge is 0.165 e. The molecule has 1 aliphatic rings. The molecular formula is C21H28ClNO3. The SMILES string of the molecule is [2H]C([2H])([2H])OCCc1cc(C(=O)CC[C@@]2(O)CCCC(C)C2)c2c(Cl)cccn12. The molecule has 0 aromatic carbocycles. The zero-order valence-corrected chi connectivity index (χ0v) is 15.9. The summed E-state index contributed by atoms with van der Waals surface area (Å²) < 4.78 is 28.2. The van der Waals surface area contributed by atoms with Crippen LogP contribution in [-0.2, 0) is 11.2 Å². The van der Waals surface area contributed by atoms with Gasteiger partial charge in [-0.2, -0.15) is 0 Å². The Kier molecular flexibility index (Phi) is 4.89. The van der Waals surface area contributed by atoms with Crippen LogP contribution in [0.1, 0.15) is 65.6 Å². The average molecular weight is 381 g/mol. The van der Waals surface area contributed by atoms with E-state index in [2.05, 4.69) is 6.92 Å². The molecule has 0 spiro atoms. The Hall–Kier alpha value is -1.36. The van der Waals surface area contributed by atoms with Gasteiger partial charge in [0.2, 0.25) is 0 Å². The summed E-state index contributed by atoms with van der Waals surface area (Å²) in [5.74, 6) is 0.406. The van der Waals surface area contributed by atoms with E-state index in [-0.39, 0.29) is 18.8 Å². The van der Waals surface area contributed by atoms with Crippen molar-refractivity contribution in [3.63, 3.8) is 0 Å². The van der Waals surface area contributed by atoms with Gasteiger partial charge in [-0.1, -0.05) is 31.4 Å². The monoisotopic (exact) mass is 380 g/mol. The van der Waals surface area contributed by atoms with E-state index in [9.17, 15) is 9.90 Å². The van der Waals surface area contributed by atoms with E-state index in [1.165, 1.54) is 0 Å². The van der Waals surface area contributed by atoms with Gasteiger partial charge in [0.05, 0.1) is 26.9 Å². The minimum Gasteiger partial charge on any atom is -0.390 e. The Bertz CT molecular complexity index is 880. The second-order valence-electron chi connectivity index (χ2n) is 7.57. The van der Waals surface area contributed by atoms with Crippen LogP contribution in [0.4, 0.5) is 0 Å².